The first kappa shape index (κ1) is 21.0. The minimum absolute atomic E-state index is 0. The Balaban J connectivity index is -0.000000218. The predicted octanol–water partition coefficient (Wildman–Crippen LogP) is -3.63. The first-order chi connectivity index (χ1) is 7.25. The maximum absolute atomic E-state index is 9.55. The van der Waals surface area contributed by atoms with E-state index in [1.165, 1.54) is 0 Å². The van der Waals surface area contributed by atoms with Crippen LogP contribution in [-0.4, -0.2) is 71.8 Å². The zero-order valence-corrected chi connectivity index (χ0v) is 10.6. The number of rotatable bonds is 4. The van der Waals surface area contributed by atoms with Crippen molar-refractivity contribution in [3.05, 3.63) is 24.3 Å². The third-order valence-corrected chi connectivity index (χ3v) is 0.724. The topological polar surface area (TPSA) is 155 Å². The van der Waals surface area contributed by atoms with Crippen molar-refractivity contribution in [2.24, 2.45) is 0 Å². The molecule has 2 N–H and O–H groups in total. The molecule has 0 heterocycles. The Bertz CT molecular complexity index is 277. The number of carbonyl (C=O) groups is 4. The molecule has 9 heteroatoms. The van der Waals surface area contributed by atoms with Crippen LogP contribution < -0.4 is 10.2 Å². The molecule has 88 valence electrons. The molecule has 8 nitrogen and oxygen atoms in total. The van der Waals surface area contributed by atoms with E-state index in [0.717, 1.165) is 0 Å². The molecule has 0 amide bonds. The largest absolute Gasteiger partial charge is 2.00 e. The third-order valence-electron chi connectivity index (χ3n) is 0.724. The minimum atomic E-state index is -1.55. The van der Waals surface area contributed by atoms with Gasteiger partial charge in [0.15, 0.2) is 0 Å². The van der Waals surface area contributed by atoms with E-state index in [0.29, 0.717) is 24.3 Å². The summed E-state index contributed by atoms with van der Waals surface area (Å²) in [5.41, 5.74) is 0. The van der Waals surface area contributed by atoms with Gasteiger partial charge in [-0.05, 0) is 12.2 Å². The molecule has 0 bridgehead atoms. The molecule has 0 aliphatic carbocycles. The SMILES string of the molecule is O=C(O)C=CC(=O)O.O=C([O-])C=CC(=O)[O-].[Ca+2]. The molecule has 0 aromatic carbocycles. The smallest absolute Gasteiger partial charge is 0.545 e. The van der Waals surface area contributed by atoms with Crippen molar-refractivity contribution in [3.63, 3.8) is 0 Å². The van der Waals surface area contributed by atoms with Crippen LogP contribution in [-0.2, 0) is 19.2 Å². The second kappa shape index (κ2) is 12.7. The van der Waals surface area contributed by atoms with Crippen molar-refractivity contribution in [1.82, 2.24) is 0 Å². The molecule has 17 heavy (non-hydrogen) atoms. The number of hydrogen-bond acceptors (Lipinski definition) is 6. The van der Waals surface area contributed by atoms with Crippen LogP contribution in [0.5, 0.6) is 0 Å². The van der Waals surface area contributed by atoms with Crippen LogP contribution >= 0.6 is 0 Å². The number of carbonyl (C=O) groups excluding carboxylic acids is 2. The molecule has 0 aliphatic heterocycles. The summed E-state index contributed by atoms with van der Waals surface area (Å²) in [5, 5.41) is 34.5. The zero-order valence-electron chi connectivity index (χ0n) is 8.36. The van der Waals surface area contributed by atoms with Crippen LogP contribution in [0.25, 0.3) is 0 Å². The van der Waals surface area contributed by atoms with E-state index >= 15 is 0 Å². The average molecular weight is 270 g/mol. The van der Waals surface area contributed by atoms with E-state index in [1.807, 2.05) is 0 Å². The molecule has 0 spiro atoms. The second-order valence-corrected chi connectivity index (χ2v) is 1.98. The van der Waals surface area contributed by atoms with E-state index in [1.54, 1.807) is 0 Å². The van der Waals surface area contributed by atoms with Crippen molar-refractivity contribution in [1.29, 1.82) is 0 Å². The molecule has 0 fully saturated rings. The third kappa shape index (κ3) is 31.3. The molecule has 0 aliphatic rings. The summed E-state index contributed by atoms with van der Waals surface area (Å²) in [6.45, 7) is 0. The molecule has 0 aromatic rings. The van der Waals surface area contributed by atoms with Gasteiger partial charge in [-0.2, -0.15) is 0 Å². The maximum Gasteiger partial charge on any atom is 2.00 e. The Labute approximate surface area is 125 Å². The van der Waals surface area contributed by atoms with Crippen molar-refractivity contribution < 1.29 is 39.6 Å². The molecular weight excluding hydrogens is 264 g/mol. The summed E-state index contributed by atoms with van der Waals surface area (Å²) >= 11 is 0. The number of aliphatic carboxylic acids is 4. The van der Waals surface area contributed by atoms with Crippen molar-refractivity contribution in [2.75, 3.05) is 0 Å². The van der Waals surface area contributed by atoms with Crippen LogP contribution in [0.15, 0.2) is 24.3 Å². The standard InChI is InChI=1S/2C4H4O4.Ca/c2*5-3(6)1-2-4(7)8;/h2*1-2H,(H,5,6)(H,7,8);/q;;+2/p-2. The fourth-order valence-corrected chi connectivity index (χ4v) is 0.279. The van der Waals surface area contributed by atoms with Gasteiger partial charge in [0.25, 0.3) is 0 Å². The summed E-state index contributed by atoms with van der Waals surface area (Å²) in [4.78, 5) is 37.9. The summed E-state index contributed by atoms with van der Waals surface area (Å²) in [6, 6.07) is 0. The van der Waals surface area contributed by atoms with Gasteiger partial charge < -0.3 is 30.0 Å². The summed E-state index contributed by atoms with van der Waals surface area (Å²) < 4.78 is 0. The van der Waals surface area contributed by atoms with Gasteiger partial charge in [-0.1, -0.05) is 0 Å². The van der Waals surface area contributed by atoms with Crippen molar-refractivity contribution in [2.45, 2.75) is 0 Å². The van der Waals surface area contributed by atoms with Gasteiger partial charge in [-0.3, -0.25) is 0 Å². The van der Waals surface area contributed by atoms with E-state index in [4.69, 9.17) is 10.2 Å². The van der Waals surface area contributed by atoms with Gasteiger partial charge in [0, 0.05) is 12.2 Å². The number of hydrogen-bond donors (Lipinski definition) is 2. The fraction of sp³-hybridized carbons (Fsp3) is 0. The second-order valence-electron chi connectivity index (χ2n) is 1.98. The first-order valence-electron chi connectivity index (χ1n) is 3.49. The Morgan fingerprint density at radius 1 is 0.706 bits per heavy atom. The average Bonchev–Trinajstić information content (AvgIpc) is 2.12. The molecule has 0 saturated carbocycles. The van der Waals surface area contributed by atoms with Gasteiger partial charge in [0.2, 0.25) is 0 Å². The number of carboxylic acids is 4. The van der Waals surface area contributed by atoms with E-state index < -0.39 is 23.9 Å². The molecule has 0 saturated heterocycles. The Morgan fingerprint density at radius 3 is 1.06 bits per heavy atom. The maximum atomic E-state index is 9.55. The van der Waals surface area contributed by atoms with Crippen LogP contribution in [0.2, 0.25) is 0 Å². The van der Waals surface area contributed by atoms with E-state index in [9.17, 15) is 29.4 Å². The molecule has 0 atom stereocenters. The summed E-state index contributed by atoms with van der Waals surface area (Å²) in [5.74, 6) is -5.61. The Kier molecular flexibility index (Phi) is 15.6. The molecule has 0 rings (SSSR count). The van der Waals surface area contributed by atoms with E-state index in [-0.39, 0.29) is 37.7 Å². The van der Waals surface area contributed by atoms with Gasteiger partial charge in [-0.25, -0.2) is 9.59 Å². The molecule has 0 aromatic heterocycles. The molecular formula is C8H6CaO8. The summed E-state index contributed by atoms with van der Waals surface area (Å²) in [7, 11) is 0. The predicted molar refractivity (Wildman–Crippen MR) is 49.3 cm³/mol. The minimum Gasteiger partial charge on any atom is -0.545 e. The normalized spacial score (nSPS) is 8.94. The van der Waals surface area contributed by atoms with Crippen molar-refractivity contribution in [3.8, 4) is 0 Å². The summed E-state index contributed by atoms with van der Waals surface area (Å²) in [6.07, 6.45) is 1.88. The zero-order chi connectivity index (χ0) is 13.1. The van der Waals surface area contributed by atoms with Gasteiger partial charge in [0.05, 0.1) is 11.9 Å². The monoisotopic (exact) mass is 270 g/mol. The quantitative estimate of drug-likeness (QED) is 0.391. The van der Waals surface area contributed by atoms with Crippen LogP contribution in [0.3, 0.4) is 0 Å². The van der Waals surface area contributed by atoms with Gasteiger partial charge in [-0.15, -0.1) is 0 Å². The first-order valence-corrected chi connectivity index (χ1v) is 3.49. The van der Waals surface area contributed by atoms with Crippen LogP contribution in [0, 0.1) is 0 Å². The Morgan fingerprint density at radius 2 is 0.941 bits per heavy atom. The molecule has 0 unspecified atom stereocenters. The Hall–Kier alpha value is -1.38. The van der Waals surface area contributed by atoms with Gasteiger partial charge in [0.1, 0.15) is 0 Å². The fourth-order valence-electron chi connectivity index (χ4n) is 0.279. The van der Waals surface area contributed by atoms with Crippen LogP contribution in [0.1, 0.15) is 0 Å². The van der Waals surface area contributed by atoms with E-state index in [2.05, 4.69) is 0 Å². The van der Waals surface area contributed by atoms with Gasteiger partial charge >= 0.3 is 49.7 Å². The van der Waals surface area contributed by atoms with Crippen LogP contribution in [0.4, 0.5) is 0 Å². The number of carboxylic acid groups (broad SMARTS) is 4. The van der Waals surface area contributed by atoms with Crippen molar-refractivity contribution >= 4 is 61.6 Å². The molecule has 0 radical (unpaired) electrons.